The summed E-state index contributed by atoms with van der Waals surface area (Å²) < 4.78 is 39.8. The van der Waals surface area contributed by atoms with Crippen LogP contribution >= 0.6 is 0 Å². The quantitative estimate of drug-likeness (QED) is 0.0307. The monoisotopic (exact) mass is 1060 g/mol. The van der Waals surface area contributed by atoms with Gasteiger partial charge >= 0.3 is 0 Å². The first-order valence-electron chi connectivity index (χ1n) is 26.7. The molecular weight excluding hydrogens is 988 g/mol. The van der Waals surface area contributed by atoms with Gasteiger partial charge in [-0.1, -0.05) is 12.1 Å². The highest BCUT2D eigenvalue weighted by molar-refractivity contribution is 5.85. The van der Waals surface area contributed by atoms with E-state index in [1.54, 1.807) is 12.1 Å². The number of ether oxygens (including phenoxy) is 4. The number of phenols is 1. The van der Waals surface area contributed by atoms with E-state index in [0.29, 0.717) is 66.4 Å². The van der Waals surface area contributed by atoms with Crippen LogP contribution in [0.25, 0.3) is 89.7 Å². The van der Waals surface area contributed by atoms with Crippen molar-refractivity contribution in [1.82, 2.24) is 59.5 Å². The van der Waals surface area contributed by atoms with Crippen molar-refractivity contribution in [3.63, 3.8) is 0 Å². The number of imidazole rings is 4. The maximum atomic E-state index is 15.6. The summed E-state index contributed by atoms with van der Waals surface area (Å²) in [7, 11) is 12.5. The molecule has 406 valence electrons. The van der Waals surface area contributed by atoms with Crippen molar-refractivity contribution < 1.29 is 28.4 Å². The lowest BCUT2D eigenvalue weighted by Crippen LogP contribution is -2.32. The molecule has 0 saturated heterocycles. The molecule has 17 nitrogen and oxygen atoms in total. The van der Waals surface area contributed by atoms with E-state index >= 15 is 4.39 Å². The topological polar surface area (TPSA) is 185 Å². The second kappa shape index (κ2) is 24.5. The molecule has 10 aromatic rings. The van der Waals surface area contributed by atoms with Gasteiger partial charge in [0.1, 0.15) is 57.9 Å². The number of aromatic amines is 4. The first-order valence-corrected chi connectivity index (χ1v) is 26.7. The molecular formula is C60H69FN12O5. The van der Waals surface area contributed by atoms with Gasteiger partial charge < -0.3 is 63.6 Å². The third-order valence-corrected chi connectivity index (χ3v) is 13.6. The van der Waals surface area contributed by atoms with E-state index in [1.807, 2.05) is 105 Å². The van der Waals surface area contributed by atoms with Gasteiger partial charge in [0, 0.05) is 74.7 Å². The largest absolute Gasteiger partial charge is 0.507 e. The zero-order valence-electron chi connectivity index (χ0n) is 45.3. The minimum Gasteiger partial charge on any atom is -0.507 e. The zero-order valence-corrected chi connectivity index (χ0v) is 45.3. The molecule has 18 heteroatoms. The highest BCUT2D eigenvalue weighted by atomic mass is 19.1. The number of halogens is 1. The number of hydrogen-bond acceptors (Lipinski definition) is 13. The summed E-state index contributed by atoms with van der Waals surface area (Å²) >= 11 is 0. The fourth-order valence-corrected chi connectivity index (χ4v) is 9.33. The Morgan fingerprint density at radius 2 is 0.744 bits per heavy atom. The van der Waals surface area contributed by atoms with Gasteiger partial charge in [0.15, 0.2) is 0 Å². The first-order chi connectivity index (χ1) is 37.9. The third-order valence-electron chi connectivity index (χ3n) is 13.6. The number of rotatable bonds is 27. The molecule has 0 atom stereocenters. The molecule has 0 bridgehead atoms. The number of aromatic hydroxyl groups is 1. The molecule has 10 rings (SSSR count). The van der Waals surface area contributed by atoms with Crippen molar-refractivity contribution in [3.05, 3.63) is 115 Å². The van der Waals surface area contributed by atoms with Crippen molar-refractivity contribution in [1.29, 1.82) is 0 Å². The number of benzene rings is 6. The molecule has 6 aromatic carbocycles. The molecule has 5 N–H and O–H groups in total. The van der Waals surface area contributed by atoms with Crippen molar-refractivity contribution >= 4 is 44.1 Å². The van der Waals surface area contributed by atoms with Crippen LogP contribution < -0.4 is 18.9 Å². The summed E-state index contributed by atoms with van der Waals surface area (Å²) in [5.74, 6) is 5.01. The van der Waals surface area contributed by atoms with Gasteiger partial charge in [-0.15, -0.1) is 0 Å². The number of nitrogens with zero attached hydrogens (tertiary/aromatic N) is 8. The summed E-state index contributed by atoms with van der Waals surface area (Å²) in [5, 5.41) is 11.1. The molecule has 0 saturated carbocycles. The van der Waals surface area contributed by atoms with Gasteiger partial charge in [0.05, 0.1) is 81.7 Å². The first kappa shape index (κ1) is 53.4. The lowest BCUT2D eigenvalue weighted by Gasteiger charge is -2.22. The van der Waals surface area contributed by atoms with Crippen LogP contribution in [-0.2, 0) is 0 Å². The van der Waals surface area contributed by atoms with Gasteiger partial charge in [-0.05, 0) is 141 Å². The van der Waals surface area contributed by atoms with E-state index in [4.69, 9.17) is 33.9 Å². The Morgan fingerprint density at radius 1 is 0.397 bits per heavy atom. The number of fused-ring (bicyclic) bond motifs is 4. The molecule has 4 heterocycles. The predicted octanol–water partition coefficient (Wildman–Crippen LogP) is 10.5. The number of likely N-dealkylation sites (N-methyl/N-ethyl adjacent to an activating group) is 2. The van der Waals surface area contributed by atoms with Crippen LogP contribution in [0.3, 0.4) is 0 Å². The van der Waals surface area contributed by atoms with E-state index in [0.717, 1.165) is 138 Å². The van der Waals surface area contributed by atoms with Crippen LogP contribution in [0.5, 0.6) is 28.7 Å². The highest BCUT2D eigenvalue weighted by Crippen LogP contribution is 2.35. The lowest BCUT2D eigenvalue weighted by molar-refractivity contribution is 0.221. The Labute approximate surface area is 453 Å². The molecule has 0 unspecified atom stereocenters. The Bertz CT molecular complexity index is 3390. The molecule has 4 aromatic heterocycles. The summed E-state index contributed by atoms with van der Waals surface area (Å²) in [6.45, 7) is 8.00. The number of nitrogens with one attached hydrogen (secondary N) is 4. The van der Waals surface area contributed by atoms with E-state index < -0.39 is 5.82 Å². The summed E-state index contributed by atoms with van der Waals surface area (Å²) in [6, 6.07) is 33.7. The minimum absolute atomic E-state index is 0.101. The van der Waals surface area contributed by atoms with Gasteiger partial charge in [-0.25, -0.2) is 24.3 Å². The fourth-order valence-electron chi connectivity index (χ4n) is 9.33. The summed E-state index contributed by atoms with van der Waals surface area (Å²) in [4.78, 5) is 41.2. The molecule has 0 spiro atoms. The molecule has 0 aliphatic heterocycles. The number of hydrogen-bond donors (Lipinski definition) is 5. The van der Waals surface area contributed by atoms with E-state index in [2.05, 4.69) is 72.7 Å². The molecule has 78 heavy (non-hydrogen) atoms. The molecule has 0 amide bonds. The standard InChI is InChI=1S/C60H69FN12O5/c1-70(2)23-7-29-75-43-15-21-50-54(37-43)68-59(64-50)45-17-11-39(33-47(45)61)57-62-48-19-13-41(35-52(48)66-57)77-31-9-25-72(5)27-28-73(6)26-10-32-78-42-14-20-49-53(36-42)67-58(63-49)40-12-18-46(56(74)34-40)60-65-51-22-16-44(38-55(51)69-60)76-30-8-24-71(3)4/h11-22,33-38,74H,7-10,23-32H2,1-6H3,(H,62,66)(H,63,67)(H,64,68)(H,65,69). The maximum absolute atomic E-state index is 15.6. The van der Waals surface area contributed by atoms with Crippen LogP contribution in [0.2, 0.25) is 0 Å². The second-order valence-electron chi connectivity index (χ2n) is 20.5. The molecule has 0 fully saturated rings. The van der Waals surface area contributed by atoms with E-state index in [1.165, 1.54) is 6.07 Å². The van der Waals surface area contributed by atoms with Crippen molar-refractivity contribution in [2.24, 2.45) is 0 Å². The normalized spacial score (nSPS) is 12.0. The average Bonchev–Trinajstić information content (AvgIpc) is 4.32. The Hall–Kier alpha value is -8.03. The van der Waals surface area contributed by atoms with Crippen molar-refractivity contribution in [2.45, 2.75) is 25.7 Å². The Morgan fingerprint density at radius 3 is 1.13 bits per heavy atom. The maximum Gasteiger partial charge on any atom is 0.142 e. The van der Waals surface area contributed by atoms with Gasteiger partial charge in [0.25, 0.3) is 0 Å². The Kier molecular flexibility index (Phi) is 16.8. The minimum atomic E-state index is -0.397. The molecule has 0 aliphatic carbocycles. The average molecular weight is 1060 g/mol. The van der Waals surface area contributed by atoms with E-state index in [9.17, 15) is 5.11 Å². The second-order valence-corrected chi connectivity index (χ2v) is 20.5. The number of phenolic OH excluding ortho intramolecular Hbond substituents is 1. The van der Waals surface area contributed by atoms with Gasteiger partial charge in [-0.2, -0.15) is 0 Å². The lowest BCUT2D eigenvalue weighted by atomic mass is 10.1. The van der Waals surface area contributed by atoms with Crippen LogP contribution in [0, 0.1) is 5.82 Å². The van der Waals surface area contributed by atoms with E-state index in [-0.39, 0.29) is 5.75 Å². The van der Waals surface area contributed by atoms with Crippen molar-refractivity contribution in [2.75, 3.05) is 108 Å². The molecule has 0 radical (unpaired) electrons. The molecule has 0 aliphatic rings. The Balaban J connectivity index is 0.628. The van der Waals surface area contributed by atoms with Gasteiger partial charge in [0.2, 0.25) is 0 Å². The zero-order chi connectivity index (χ0) is 54.1. The third kappa shape index (κ3) is 13.4. The SMILES string of the molecule is CN(C)CCCOc1ccc2nc(-c3ccc(-c4nc5ccc(OCCCN(C)CCN(C)CCCOc6ccc7nc(-c8ccc(-c9nc%10ccc(OCCCN(C)C)cc%10[nH]9)c(F)c8)[nH]c7c6)cc5[nH]4)cc3O)[nH]c2c1. The smallest absolute Gasteiger partial charge is 0.142 e. The highest BCUT2D eigenvalue weighted by Gasteiger charge is 2.17. The van der Waals surface area contributed by atoms with Crippen LogP contribution in [0.15, 0.2) is 109 Å². The van der Waals surface area contributed by atoms with Crippen molar-refractivity contribution in [3.8, 4) is 74.3 Å². The fraction of sp³-hybridized carbons (Fsp3) is 0.333. The van der Waals surface area contributed by atoms with Gasteiger partial charge in [-0.3, -0.25) is 0 Å². The summed E-state index contributed by atoms with van der Waals surface area (Å²) in [5.41, 5.74) is 8.79. The van der Waals surface area contributed by atoms with Crippen LogP contribution in [-0.4, -0.2) is 173 Å². The number of aromatic nitrogens is 8. The van der Waals surface area contributed by atoms with Crippen LogP contribution in [0.1, 0.15) is 25.7 Å². The summed E-state index contributed by atoms with van der Waals surface area (Å²) in [6.07, 6.45) is 3.62. The predicted molar refractivity (Wildman–Crippen MR) is 307 cm³/mol. The number of H-pyrrole nitrogens is 4. The van der Waals surface area contributed by atoms with Crippen LogP contribution in [0.4, 0.5) is 4.39 Å².